The molecule has 3 heteroatoms. The highest BCUT2D eigenvalue weighted by Crippen LogP contribution is 2.29. The molecule has 1 saturated carbocycles. The lowest BCUT2D eigenvalue weighted by Crippen LogP contribution is -2.24. The minimum atomic E-state index is -0.440. The molecule has 0 N–H and O–H groups in total. The van der Waals surface area contributed by atoms with Crippen LogP contribution < -0.4 is 0 Å². The Labute approximate surface area is 109 Å². The average molecular weight is 257 g/mol. The van der Waals surface area contributed by atoms with Gasteiger partial charge < -0.3 is 4.74 Å². The van der Waals surface area contributed by atoms with Gasteiger partial charge in [0, 0.05) is 7.11 Å². The Morgan fingerprint density at radius 2 is 2.06 bits per heavy atom. The Morgan fingerprint density at radius 1 is 1.35 bits per heavy atom. The van der Waals surface area contributed by atoms with Crippen molar-refractivity contribution >= 4 is 16.8 Å². The monoisotopic (exact) mass is 256 g/mol. The summed E-state index contributed by atoms with van der Waals surface area (Å²) >= 11 is 5.18. The van der Waals surface area contributed by atoms with Crippen LogP contribution in [0.25, 0.3) is 0 Å². The first-order chi connectivity index (χ1) is 8.24. The zero-order valence-electron chi connectivity index (χ0n) is 10.4. The van der Waals surface area contributed by atoms with Crippen molar-refractivity contribution in [3.63, 3.8) is 0 Å². The van der Waals surface area contributed by atoms with E-state index in [-0.39, 0.29) is 0 Å². The number of halogens is 1. The van der Waals surface area contributed by atoms with Crippen molar-refractivity contribution in [2.75, 3.05) is 7.11 Å². The van der Waals surface area contributed by atoms with Crippen LogP contribution in [0.4, 0.5) is 0 Å². The maximum atomic E-state index is 10.5. The molecule has 0 bridgehead atoms. The van der Waals surface area contributed by atoms with Gasteiger partial charge in [-0.15, -0.1) is 0 Å². The SMILES string of the molecule is COC(C/C=C/C=C/C(=O)Cl)C1CCCCC1. The van der Waals surface area contributed by atoms with Crippen LogP contribution in [-0.2, 0) is 9.53 Å². The maximum absolute atomic E-state index is 10.5. The Kier molecular flexibility index (Phi) is 7.22. The van der Waals surface area contributed by atoms with Gasteiger partial charge in [-0.25, -0.2) is 0 Å². The summed E-state index contributed by atoms with van der Waals surface area (Å²) < 4.78 is 5.55. The molecule has 0 amide bonds. The van der Waals surface area contributed by atoms with Crippen molar-refractivity contribution in [1.29, 1.82) is 0 Å². The van der Waals surface area contributed by atoms with E-state index in [0.29, 0.717) is 12.0 Å². The van der Waals surface area contributed by atoms with E-state index in [0.717, 1.165) is 6.42 Å². The van der Waals surface area contributed by atoms with Gasteiger partial charge in [-0.3, -0.25) is 4.79 Å². The summed E-state index contributed by atoms with van der Waals surface area (Å²) in [5.74, 6) is 0.692. The first-order valence-corrected chi connectivity index (χ1v) is 6.67. The summed E-state index contributed by atoms with van der Waals surface area (Å²) in [6, 6.07) is 0. The summed E-state index contributed by atoms with van der Waals surface area (Å²) in [6.45, 7) is 0. The van der Waals surface area contributed by atoms with Gasteiger partial charge in [-0.1, -0.05) is 37.5 Å². The first kappa shape index (κ1) is 14.5. The largest absolute Gasteiger partial charge is 0.381 e. The molecule has 96 valence electrons. The van der Waals surface area contributed by atoms with E-state index < -0.39 is 5.24 Å². The second-order valence-electron chi connectivity index (χ2n) is 4.50. The van der Waals surface area contributed by atoms with E-state index in [2.05, 4.69) is 0 Å². The van der Waals surface area contributed by atoms with E-state index in [1.165, 1.54) is 38.2 Å². The number of methoxy groups -OCH3 is 1. The quantitative estimate of drug-likeness (QED) is 0.410. The van der Waals surface area contributed by atoms with Crippen LogP contribution in [0, 0.1) is 5.92 Å². The topological polar surface area (TPSA) is 26.3 Å². The van der Waals surface area contributed by atoms with Gasteiger partial charge in [0.2, 0.25) is 5.24 Å². The van der Waals surface area contributed by atoms with Gasteiger partial charge in [0.25, 0.3) is 0 Å². The van der Waals surface area contributed by atoms with E-state index in [1.807, 2.05) is 12.2 Å². The molecule has 0 radical (unpaired) electrons. The van der Waals surface area contributed by atoms with Crippen LogP contribution >= 0.6 is 11.6 Å². The van der Waals surface area contributed by atoms with Gasteiger partial charge in [-0.2, -0.15) is 0 Å². The van der Waals surface area contributed by atoms with E-state index in [1.54, 1.807) is 13.2 Å². The zero-order valence-corrected chi connectivity index (χ0v) is 11.2. The molecule has 1 atom stereocenters. The Bertz CT molecular complexity index is 278. The molecule has 0 aromatic rings. The highest BCUT2D eigenvalue weighted by atomic mass is 35.5. The summed E-state index contributed by atoms with van der Waals surface area (Å²) in [7, 11) is 1.78. The smallest absolute Gasteiger partial charge is 0.245 e. The van der Waals surface area contributed by atoms with E-state index in [4.69, 9.17) is 16.3 Å². The van der Waals surface area contributed by atoms with Crippen molar-refractivity contribution in [3.05, 3.63) is 24.3 Å². The third-order valence-corrected chi connectivity index (χ3v) is 3.45. The fourth-order valence-corrected chi connectivity index (χ4v) is 2.48. The van der Waals surface area contributed by atoms with Gasteiger partial charge >= 0.3 is 0 Å². The summed E-state index contributed by atoms with van der Waals surface area (Å²) in [4.78, 5) is 10.5. The number of ether oxygens (including phenoxy) is 1. The van der Waals surface area contributed by atoms with E-state index >= 15 is 0 Å². The van der Waals surface area contributed by atoms with Crippen LogP contribution in [-0.4, -0.2) is 18.5 Å². The maximum Gasteiger partial charge on any atom is 0.245 e. The lowest BCUT2D eigenvalue weighted by Gasteiger charge is -2.28. The molecule has 0 aliphatic heterocycles. The van der Waals surface area contributed by atoms with Crippen molar-refractivity contribution in [1.82, 2.24) is 0 Å². The molecular formula is C14H21ClO2. The zero-order chi connectivity index (χ0) is 12.5. The molecular weight excluding hydrogens is 236 g/mol. The van der Waals surface area contributed by atoms with Crippen LogP contribution in [0.5, 0.6) is 0 Å². The second kappa shape index (κ2) is 8.48. The molecule has 1 unspecified atom stereocenters. The van der Waals surface area contributed by atoms with Crippen LogP contribution in [0.3, 0.4) is 0 Å². The van der Waals surface area contributed by atoms with Crippen molar-refractivity contribution in [3.8, 4) is 0 Å². The third-order valence-electron chi connectivity index (χ3n) is 3.32. The fourth-order valence-electron chi connectivity index (χ4n) is 2.41. The second-order valence-corrected chi connectivity index (χ2v) is 4.87. The molecule has 17 heavy (non-hydrogen) atoms. The average Bonchev–Trinajstić information content (AvgIpc) is 2.34. The number of hydrogen-bond acceptors (Lipinski definition) is 2. The predicted octanol–water partition coefficient (Wildman–Crippen LogP) is 3.85. The number of carbonyl (C=O) groups excluding carboxylic acids is 1. The normalized spacial score (nSPS) is 20.1. The molecule has 1 aliphatic rings. The first-order valence-electron chi connectivity index (χ1n) is 6.29. The van der Waals surface area contributed by atoms with Crippen molar-refractivity contribution in [2.45, 2.75) is 44.6 Å². The number of carbonyl (C=O) groups is 1. The van der Waals surface area contributed by atoms with E-state index in [9.17, 15) is 4.79 Å². The van der Waals surface area contributed by atoms with Gasteiger partial charge in [-0.05, 0) is 42.9 Å². The Hall–Kier alpha value is -0.600. The molecule has 1 aliphatic carbocycles. The van der Waals surface area contributed by atoms with Crippen molar-refractivity contribution < 1.29 is 9.53 Å². The molecule has 0 heterocycles. The molecule has 1 fully saturated rings. The Balaban J connectivity index is 2.33. The van der Waals surface area contributed by atoms with Gasteiger partial charge in [0.05, 0.1) is 6.10 Å². The van der Waals surface area contributed by atoms with Crippen LogP contribution in [0.1, 0.15) is 38.5 Å². The lowest BCUT2D eigenvalue weighted by atomic mass is 9.84. The molecule has 0 aromatic carbocycles. The predicted molar refractivity (Wildman–Crippen MR) is 71.1 cm³/mol. The molecule has 0 saturated heterocycles. The number of hydrogen-bond donors (Lipinski definition) is 0. The minimum Gasteiger partial charge on any atom is -0.381 e. The minimum absolute atomic E-state index is 0.312. The van der Waals surface area contributed by atoms with Gasteiger partial charge in [0.15, 0.2) is 0 Å². The number of rotatable bonds is 6. The van der Waals surface area contributed by atoms with Gasteiger partial charge in [0.1, 0.15) is 0 Å². The molecule has 0 aromatic heterocycles. The lowest BCUT2D eigenvalue weighted by molar-refractivity contribution is -0.107. The fraction of sp³-hybridized carbons (Fsp3) is 0.643. The van der Waals surface area contributed by atoms with Crippen molar-refractivity contribution in [2.24, 2.45) is 5.92 Å². The highest BCUT2D eigenvalue weighted by molar-refractivity contribution is 6.66. The molecule has 1 rings (SSSR count). The third kappa shape index (κ3) is 6.04. The van der Waals surface area contributed by atoms with Crippen LogP contribution in [0.2, 0.25) is 0 Å². The summed E-state index contributed by atoms with van der Waals surface area (Å²) in [6.07, 6.45) is 14.7. The summed E-state index contributed by atoms with van der Waals surface area (Å²) in [5, 5.41) is -0.440. The molecule has 2 nitrogen and oxygen atoms in total. The Morgan fingerprint density at radius 3 is 2.65 bits per heavy atom. The standard InChI is InChI=1S/C14H21ClO2/c1-17-13(12-8-4-2-5-9-12)10-6-3-7-11-14(15)16/h3,6-7,11-13H,2,4-5,8-10H2,1H3/b6-3+,11-7+. The highest BCUT2D eigenvalue weighted by Gasteiger charge is 2.21. The van der Waals surface area contributed by atoms with Crippen LogP contribution in [0.15, 0.2) is 24.3 Å². The number of allylic oxidation sites excluding steroid dienone is 3. The summed E-state index contributed by atoms with van der Waals surface area (Å²) in [5.41, 5.74) is 0. The molecule has 0 spiro atoms.